The molecule has 0 amide bonds. The molecular formula is C27H32O4S. The molecule has 2 rings (SSSR count). The van der Waals surface area contributed by atoms with Crippen molar-refractivity contribution in [3.8, 4) is 5.75 Å². The molecule has 2 aromatic carbocycles. The molecule has 1 atom stereocenters. The fourth-order valence-electron chi connectivity index (χ4n) is 3.09. The third-order valence-corrected chi connectivity index (χ3v) is 7.03. The summed E-state index contributed by atoms with van der Waals surface area (Å²) in [6.07, 6.45) is 8.27. The molecule has 0 heterocycles. The topological polar surface area (TPSA) is 52.6 Å². The lowest BCUT2D eigenvalue weighted by molar-refractivity contribution is 0.306. The van der Waals surface area contributed by atoms with Gasteiger partial charge in [-0.1, -0.05) is 63.3 Å². The van der Waals surface area contributed by atoms with Gasteiger partial charge in [-0.25, -0.2) is 8.42 Å². The predicted molar refractivity (Wildman–Crippen MR) is 132 cm³/mol. The number of hydrogen-bond donors (Lipinski definition) is 0. The Morgan fingerprint density at radius 1 is 1.06 bits per heavy atom. The Kier molecular flexibility index (Phi) is 9.09. The lowest BCUT2D eigenvalue weighted by Gasteiger charge is -2.15. The van der Waals surface area contributed by atoms with Crippen LogP contribution in [0.1, 0.15) is 31.4 Å². The molecular weight excluding hydrogens is 420 g/mol. The predicted octanol–water partition coefficient (Wildman–Crippen LogP) is 6.51. The SMILES string of the molecule is C=C(/C=C(/c1cccc(OC)c1C)S(=O)(=O)c1ccccc1)/C=C(\C=C/[C@H](C)CC)OC. The lowest BCUT2D eigenvalue weighted by atomic mass is 10.1. The van der Waals surface area contributed by atoms with Crippen LogP contribution >= 0.6 is 0 Å². The van der Waals surface area contributed by atoms with Crippen molar-refractivity contribution in [3.05, 3.63) is 102 Å². The second-order valence-corrected chi connectivity index (χ2v) is 9.45. The first-order valence-electron chi connectivity index (χ1n) is 10.5. The standard InChI is InChI=1S/C27H32O4S/c1-7-20(2)16-17-23(30-5)18-21(3)19-27(25-14-11-15-26(31-6)22(25)4)32(28,29)24-12-9-8-10-13-24/h8-20H,3,7H2,1-2,4-6H3/b17-16-,23-18+,27-19-/t20-/m1/s1. The minimum Gasteiger partial charge on any atom is -0.497 e. The van der Waals surface area contributed by atoms with Crippen LogP contribution < -0.4 is 4.74 Å². The Morgan fingerprint density at radius 2 is 1.75 bits per heavy atom. The summed E-state index contributed by atoms with van der Waals surface area (Å²) < 4.78 is 38.1. The van der Waals surface area contributed by atoms with Crippen molar-refractivity contribution in [2.24, 2.45) is 5.92 Å². The normalized spacial score (nSPS) is 13.8. The van der Waals surface area contributed by atoms with Crippen LogP contribution in [0.3, 0.4) is 0 Å². The second kappa shape index (κ2) is 11.5. The van der Waals surface area contributed by atoms with Gasteiger partial charge in [0.15, 0.2) is 0 Å². The highest BCUT2D eigenvalue weighted by Gasteiger charge is 2.24. The van der Waals surface area contributed by atoms with Crippen LogP contribution in [0.15, 0.2) is 95.6 Å². The number of methoxy groups -OCH3 is 2. The minimum absolute atomic E-state index is 0.155. The molecule has 170 valence electrons. The first-order valence-corrected chi connectivity index (χ1v) is 12.0. The van der Waals surface area contributed by atoms with Gasteiger partial charge in [0.25, 0.3) is 0 Å². The van der Waals surface area contributed by atoms with Gasteiger partial charge in [-0.2, -0.15) is 0 Å². The monoisotopic (exact) mass is 452 g/mol. The summed E-state index contributed by atoms with van der Waals surface area (Å²) >= 11 is 0. The van der Waals surface area contributed by atoms with Crippen molar-refractivity contribution in [1.82, 2.24) is 0 Å². The van der Waals surface area contributed by atoms with Crippen molar-refractivity contribution in [2.45, 2.75) is 32.1 Å². The first-order chi connectivity index (χ1) is 15.2. The van der Waals surface area contributed by atoms with Gasteiger partial charge in [0, 0.05) is 5.56 Å². The number of benzene rings is 2. The maximum Gasteiger partial charge on any atom is 0.207 e. The molecule has 2 aromatic rings. The van der Waals surface area contributed by atoms with Crippen molar-refractivity contribution >= 4 is 14.7 Å². The zero-order valence-corrected chi connectivity index (χ0v) is 20.3. The van der Waals surface area contributed by atoms with E-state index in [1.807, 2.05) is 19.1 Å². The van der Waals surface area contributed by atoms with Crippen LogP contribution in [-0.2, 0) is 14.6 Å². The molecule has 0 radical (unpaired) electrons. The van der Waals surface area contributed by atoms with E-state index in [-0.39, 0.29) is 9.80 Å². The molecule has 0 aliphatic rings. The summed E-state index contributed by atoms with van der Waals surface area (Å²) in [7, 11) is -0.664. The Hall–Kier alpha value is -3.05. The highest BCUT2D eigenvalue weighted by Crippen LogP contribution is 2.34. The van der Waals surface area contributed by atoms with E-state index in [1.165, 1.54) is 0 Å². The highest BCUT2D eigenvalue weighted by molar-refractivity contribution is 8.00. The fourth-order valence-corrected chi connectivity index (χ4v) is 4.68. The van der Waals surface area contributed by atoms with Crippen molar-refractivity contribution in [3.63, 3.8) is 0 Å². The summed E-state index contributed by atoms with van der Waals surface area (Å²) in [6.45, 7) is 10.2. The Bertz CT molecular complexity index is 1120. The van der Waals surface area contributed by atoms with E-state index in [9.17, 15) is 8.42 Å². The molecule has 0 bridgehead atoms. The largest absolute Gasteiger partial charge is 0.497 e. The molecule has 0 aromatic heterocycles. The van der Waals surface area contributed by atoms with Crippen LogP contribution in [-0.4, -0.2) is 22.6 Å². The van der Waals surface area contributed by atoms with Gasteiger partial charge in [-0.3, -0.25) is 0 Å². The maximum atomic E-state index is 13.6. The molecule has 32 heavy (non-hydrogen) atoms. The van der Waals surface area contributed by atoms with Gasteiger partial charge in [-0.15, -0.1) is 0 Å². The molecule has 0 N–H and O–H groups in total. The van der Waals surface area contributed by atoms with E-state index in [2.05, 4.69) is 26.5 Å². The maximum absolute atomic E-state index is 13.6. The molecule has 4 nitrogen and oxygen atoms in total. The van der Waals surface area contributed by atoms with E-state index < -0.39 is 9.84 Å². The number of rotatable bonds is 10. The van der Waals surface area contributed by atoms with Crippen molar-refractivity contribution in [1.29, 1.82) is 0 Å². The van der Waals surface area contributed by atoms with Crippen LogP contribution in [0.5, 0.6) is 5.75 Å². The molecule has 0 unspecified atom stereocenters. The molecule has 0 fully saturated rings. The van der Waals surface area contributed by atoms with Gasteiger partial charge in [-0.05, 0) is 60.4 Å². The van der Waals surface area contributed by atoms with E-state index in [0.717, 1.165) is 12.0 Å². The Balaban J connectivity index is 2.64. The average Bonchev–Trinajstić information content (AvgIpc) is 2.80. The first kappa shape index (κ1) is 25.2. The van der Waals surface area contributed by atoms with E-state index in [0.29, 0.717) is 28.6 Å². The zero-order chi connectivity index (χ0) is 23.7. The number of sulfone groups is 1. The fraction of sp³-hybridized carbons (Fsp3) is 0.259. The van der Waals surface area contributed by atoms with Crippen LogP contribution in [0.4, 0.5) is 0 Å². The van der Waals surface area contributed by atoms with Crippen molar-refractivity contribution < 1.29 is 17.9 Å². The van der Waals surface area contributed by atoms with Crippen LogP contribution in [0, 0.1) is 12.8 Å². The molecule has 0 aliphatic carbocycles. The number of hydrogen-bond acceptors (Lipinski definition) is 4. The van der Waals surface area contributed by atoms with Gasteiger partial charge in [0.1, 0.15) is 11.5 Å². The second-order valence-electron chi connectivity index (χ2n) is 7.53. The molecule has 5 heteroatoms. The smallest absolute Gasteiger partial charge is 0.207 e. The molecule has 0 saturated carbocycles. The number of ether oxygens (including phenoxy) is 2. The summed E-state index contributed by atoms with van der Waals surface area (Å²) in [5, 5.41) is 0. The third-order valence-electron chi connectivity index (χ3n) is 5.23. The molecule has 0 saturated heterocycles. The Morgan fingerprint density at radius 3 is 2.34 bits per heavy atom. The highest BCUT2D eigenvalue weighted by atomic mass is 32.2. The molecule has 0 aliphatic heterocycles. The van der Waals surface area contributed by atoms with E-state index in [4.69, 9.17) is 9.47 Å². The van der Waals surface area contributed by atoms with Gasteiger partial charge < -0.3 is 9.47 Å². The quantitative estimate of drug-likeness (QED) is 0.305. The van der Waals surface area contributed by atoms with Crippen LogP contribution in [0.2, 0.25) is 0 Å². The number of allylic oxidation sites excluding steroid dienone is 5. The van der Waals surface area contributed by atoms with Gasteiger partial charge >= 0.3 is 0 Å². The average molecular weight is 453 g/mol. The summed E-state index contributed by atoms with van der Waals surface area (Å²) in [5.74, 6) is 1.63. The molecule has 0 spiro atoms. The summed E-state index contributed by atoms with van der Waals surface area (Å²) in [6, 6.07) is 13.8. The van der Waals surface area contributed by atoms with Gasteiger partial charge in [0.05, 0.1) is 24.0 Å². The summed E-state index contributed by atoms with van der Waals surface area (Å²) in [5.41, 5.74) is 1.81. The summed E-state index contributed by atoms with van der Waals surface area (Å²) in [4.78, 5) is 0.372. The Labute approximate surface area is 192 Å². The van der Waals surface area contributed by atoms with Crippen LogP contribution in [0.25, 0.3) is 4.91 Å². The van der Waals surface area contributed by atoms with Gasteiger partial charge in [0.2, 0.25) is 9.84 Å². The third kappa shape index (κ3) is 6.24. The zero-order valence-electron chi connectivity index (χ0n) is 19.5. The van der Waals surface area contributed by atoms with E-state index >= 15 is 0 Å². The lowest BCUT2D eigenvalue weighted by Crippen LogP contribution is -2.06. The van der Waals surface area contributed by atoms with Crippen molar-refractivity contribution in [2.75, 3.05) is 14.2 Å². The van der Waals surface area contributed by atoms with E-state index in [1.54, 1.807) is 68.8 Å². The minimum atomic E-state index is -3.81.